The Hall–Kier alpha value is -3.07. The number of hydrogen-bond donors (Lipinski definition) is 0. The molecule has 0 spiro atoms. The van der Waals surface area contributed by atoms with Gasteiger partial charge < -0.3 is 4.42 Å². The second kappa shape index (κ2) is 6.21. The van der Waals surface area contributed by atoms with Gasteiger partial charge in [0, 0.05) is 16.3 Å². The SMILES string of the molecule is Cc1ccc2c(oc3ccccc32)c1-c1n(C)c2cccc3c2[n+]1CCCCC3. The summed E-state index contributed by atoms with van der Waals surface area (Å²) in [5.74, 6) is 1.26. The second-order valence-electron chi connectivity index (χ2n) is 8.36. The number of rotatable bonds is 1. The van der Waals surface area contributed by atoms with Crippen LogP contribution in [0.5, 0.6) is 0 Å². The Morgan fingerprint density at radius 3 is 2.72 bits per heavy atom. The van der Waals surface area contributed by atoms with Gasteiger partial charge >= 0.3 is 0 Å². The van der Waals surface area contributed by atoms with E-state index in [2.05, 4.69) is 71.6 Å². The summed E-state index contributed by atoms with van der Waals surface area (Å²) in [7, 11) is 2.21. The van der Waals surface area contributed by atoms with Crippen LogP contribution in [0.2, 0.25) is 0 Å². The van der Waals surface area contributed by atoms with Crippen LogP contribution in [0.4, 0.5) is 0 Å². The topological polar surface area (TPSA) is 21.9 Å². The zero-order valence-electron chi connectivity index (χ0n) is 17.0. The minimum Gasteiger partial charge on any atom is -0.455 e. The first kappa shape index (κ1) is 16.8. The van der Waals surface area contributed by atoms with Gasteiger partial charge in [-0.25, -0.2) is 9.13 Å². The summed E-state index contributed by atoms with van der Waals surface area (Å²) in [5.41, 5.74) is 8.63. The van der Waals surface area contributed by atoms with Gasteiger partial charge in [0.25, 0.3) is 5.82 Å². The van der Waals surface area contributed by atoms with Crippen LogP contribution in [0.3, 0.4) is 0 Å². The average Bonchev–Trinajstić information content (AvgIpc) is 3.22. The van der Waals surface area contributed by atoms with E-state index in [1.165, 1.54) is 63.6 Å². The van der Waals surface area contributed by atoms with Gasteiger partial charge in [-0.1, -0.05) is 42.5 Å². The molecule has 0 atom stereocenters. The molecule has 5 aromatic rings. The van der Waals surface area contributed by atoms with Crippen LogP contribution in [0.25, 0.3) is 44.4 Å². The smallest absolute Gasteiger partial charge is 0.293 e. The van der Waals surface area contributed by atoms with Crippen LogP contribution in [0, 0.1) is 6.92 Å². The minimum absolute atomic E-state index is 0.960. The van der Waals surface area contributed by atoms with E-state index in [-0.39, 0.29) is 0 Å². The molecule has 0 bridgehead atoms. The lowest BCUT2D eigenvalue weighted by Crippen LogP contribution is -2.37. The molecule has 0 saturated heterocycles. The molecule has 3 heteroatoms. The van der Waals surface area contributed by atoms with Gasteiger partial charge in [-0.2, -0.15) is 0 Å². The molecular weight excluding hydrogens is 356 g/mol. The summed E-state index contributed by atoms with van der Waals surface area (Å²) in [5, 5.41) is 2.39. The van der Waals surface area contributed by atoms with Gasteiger partial charge in [0.05, 0.1) is 13.6 Å². The van der Waals surface area contributed by atoms with Gasteiger partial charge in [0.15, 0.2) is 16.6 Å². The summed E-state index contributed by atoms with van der Waals surface area (Å²) >= 11 is 0. The molecule has 2 aromatic heterocycles. The number of para-hydroxylation sites is 2. The third-order valence-electron chi connectivity index (χ3n) is 6.61. The molecule has 3 nitrogen and oxygen atoms in total. The molecular formula is C26H25N2O+. The maximum atomic E-state index is 6.45. The molecule has 3 aromatic carbocycles. The van der Waals surface area contributed by atoms with E-state index in [1.54, 1.807) is 0 Å². The predicted molar refractivity (Wildman–Crippen MR) is 118 cm³/mol. The zero-order valence-corrected chi connectivity index (χ0v) is 17.0. The van der Waals surface area contributed by atoms with E-state index < -0.39 is 0 Å². The first-order valence-corrected chi connectivity index (χ1v) is 10.7. The molecule has 1 aliphatic rings. The van der Waals surface area contributed by atoms with Crippen LogP contribution >= 0.6 is 0 Å². The van der Waals surface area contributed by atoms with Crippen LogP contribution in [-0.2, 0) is 20.0 Å². The average molecular weight is 381 g/mol. The second-order valence-corrected chi connectivity index (χ2v) is 8.36. The van der Waals surface area contributed by atoms with E-state index in [1.807, 2.05) is 6.07 Å². The Labute approximate surface area is 170 Å². The monoisotopic (exact) mass is 381 g/mol. The molecule has 0 N–H and O–H groups in total. The van der Waals surface area contributed by atoms with Crippen molar-refractivity contribution in [3.05, 3.63) is 65.7 Å². The van der Waals surface area contributed by atoms with Crippen molar-refractivity contribution in [1.82, 2.24) is 4.57 Å². The maximum Gasteiger partial charge on any atom is 0.293 e. The molecule has 29 heavy (non-hydrogen) atoms. The van der Waals surface area contributed by atoms with Crippen molar-refractivity contribution in [1.29, 1.82) is 0 Å². The lowest BCUT2D eigenvalue weighted by Gasteiger charge is -2.11. The van der Waals surface area contributed by atoms with E-state index >= 15 is 0 Å². The molecule has 0 unspecified atom stereocenters. The van der Waals surface area contributed by atoms with Gasteiger partial charge in [0.1, 0.15) is 11.1 Å². The molecule has 0 aliphatic carbocycles. The van der Waals surface area contributed by atoms with E-state index in [0.29, 0.717) is 0 Å². The molecule has 0 saturated carbocycles. The normalized spacial score (nSPS) is 14.6. The Bertz CT molecular complexity index is 1400. The Kier molecular flexibility index (Phi) is 3.61. The third-order valence-corrected chi connectivity index (χ3v) is 6.61. The van der Waals surface area contributed by atoms with Crippen molar-refractivity contribution in [2.45, 2.75) is 39.2 Å². The lowest BCUT2D eigenvalue weighted by molar-refractivity contribution is -0.662. The van der Waals surface area contributed by atoms with Crippen molar-refractivity contribution in [3.8, 4) is 11.4 Å². The Morgan fingerprint density at radius 2 is 1.79 bits per heavy atom. The van der Waals surface area contributed by atoms with Crippen LogP contribution in [0.1, 0.15) is 30.4 Å². The summed E-state index contributed by atoms with van der Waals surface area (Å²) in [6.07, 6.45) is 4.95. The number of aromatic nitrogens is 2. The number of hydrogen-bond acceptors (Lipinski definition) is 1. The number of furan rings is 1. The fraction of sp³-hybridized carbons (Fsp3) is 0.269. The van der Waals surface area contributed by atoms with Crippen LogP contribution in [-0.4, -0.2) is 4.57 Å². The summed E-state index contributed by atoms with van der Waals surface area (Å²) in [6.45, 7) is 3.26. The van der Waals surface area contributed by atoms with Gasteiger partial charge in [-0.05, 0) is 50.3 Å². The first-order chi connectivity index (χ1) is 14.2. The predicted octanol–water partition coefficient (Wildman–Crippen LogP) is 6.07. The van der Waals surface area contributed by atoms with Crippen molar-refractivity contribution in [2.24, 2.45) is 7.05 Å². The van der Waals surface area contributed by atoms with E-state index in [4.69, 9.17) is 4.42 Å². The van der Waals surface area contributed by atoms with E-state index in [9.17, 15) is 0 Å². The highest BCUT2D eigenvalue weighted by Gasteiger charge is 2.30. The maximum absolute atomic E-state index is 6.45. The number of aryl methyl sites for hydroxylation is 4. The van der Waals surface area contributed by atoms with Crippen LogP contribution in [0.15, 0.2) is 59.0 Å². The Morgan fingerprint density at radius 1 is 0.897 bits per heavy atom. The Balaban J connectivity index is 1.78. The summed E-state index contributed by atoms with van der Waals surface area (Å²) < 4.78 is 11.4. The van der Waals surface area contributed by atoms with Crippen LogP contribution < -0.4 is 4.57 Å². The molecule has 3 heterocycles. The molecule has 0 amide bonds. The quantitative estimate of drug-likeness (QED) is 0.323. The van der Waals surface area contributed by atoms with E-state index in [0.717, 1.165) is 24.1 Å². The number of fused-ring (bicyclic) bond motifs is 3. The largest absolute Gasteiger partial charge is 0.455 e. The van der Waals surface area contributed by atoms with Gasteiger partial charge in [-0.15, -0.1) is 0 Å². The number of imidazole rings is 1. The minimum atomic E-state index is 0.960. The molecule has 0 fully saturated rings. The summed E-state index contributed by atoms with van der Waals surface area (Å²) in [6, 6.07) is 19.6. The van der Waals surface area contributed by atoms with Crippen molar-refractivity contribution in [3.63, 3.8) is 0 Å². The highest BCUT2D eigenvalue weighted by atomic mass is 16.3. The molecule has 1 aliphatic heterocycles. The lowest BCUT2D eigenvalue weighted by atomic mass is 10.0. The highest BCUT2D eigenvalue weighted by molar-refractivity contribution is 6.09. The van der Waals surface area contributed by atoms with Crippen molar-refractivity contribution in [2.75, 3.05) is 0 Å². The zero-order chi connectivity index (χ0) is 19.5. The number of benzene rings is 3. The fourth-order valence-corrected chi connectivity index (χ4v) is 5.21. The molecule has 6 rings (SSSR count). The highest BCUT2D eigenvalue weighted by Crippen LogP contribution is 2.38. The van der Waals surface area contributed by atoms with Crippen molar-refractivity contribution >= 4 is 33.0 Å². The third kappa shape index (κ3) is 2.33. The fourth-order valence-electron chi connectivity index (χ4n) is 5.21. The number of nitrogens with zero attached hydrogens (tertiary/aromatic N) is 2. The van der Waals surface area contributed by atoms with Crippen molar-refractivity contribution < 1.29 is 8.98 Å². The molecule has 144 valence electrons. The van der Waals surface area contributed by atoms with Gasteiger partial charge in [0.2, 0.25) is 0 Å². The summed E-state index contributed by atoms with van der Waals surface area (Å²) in [4.78, 5) is 0. The standard InChI is InChI=1S/C26H25N2O/c1-17-14-15-20-19-11-5-6-13-22(19)29-25(20)23(17)26-27(2)21-12-8-10-18-9-4-3-7-16-28(26)24(18)21/h5-6,8,10-15H,3-4,7,9,16H2,1-2H3/q+1. The molecule has 0 radical (unpaired) electrons. The first-order valence-electron chi connectivity index (χ1n) is 10.7. The van der Waals surface area contributed by atoms with Gasteiger partial charge in [-0.3, -0.25) is 0 Å².